The van der Waals surface area contributed by atoms with Gasteiger partial charge in [-0.3, -0.25) is 4.79 Å². The molecular formula is C25H27NO4S. The summed E-state index contributed by atoms with van der Waals surface area (Å²) in [5.74, 6) is 0.257. The number of rotatable bonds is 8. The number of benzene rings is 2. The van der Waals surface area contributed by atoms with Crippen molar-refractivity contribution in [2.24, 2.45) is 0 Å². The maximum absolute atomic E-state index is 12.6. The molecule has 0 aliphatic carbocycles. The van der Waals surface area contributed by atoms with Crippen molar-refractivity contribution in [2.45, 2.75) is 33.6 Å². The standard InChI is InChI=1S/C25H27NO4S/c1-5-29-25(28)23-21(19-8-6-17(4)7-9-19)15-31-24(23)26-22(27)14-30-20-12-10-18(11-13-20)16(2)3/h6-13,15-16H,5,14H2,1-4H3,(H,26,27). The number of aryl methyl sites for hydroxylation is 1. The van der Waals surface area contributed by atoms with E-state index in [2.05, 4.69) is 19.2 Å². The molecule has 0 aliphatic rings. The predicted octanol–water partition coefficient (Wildman–Crippen LogP) is 6.04. The van der Waals surface area contributed by atoms with E-state index < -0.39 is 5.97 Å². The minimum Gasteiger partial charge on any atom is -0.484 e. The molecule has 0 unspecified atom stereocenters. The average Bonchev–Trinajstić information content (AvgIpc) is 3.16. The molecule has 0 fully saturated rings. The lowest BCUT2D eigenvalue weighted by molar-refractivity contribution is -0.118. The fraction of sp³-hybridized carbons (Fsp3) is 0.280. The number of amides is 1. The molecule has 1 heterocycles. The second kappa shape index (κ2) is 10.3. The summed E-state index contributed by atoms with van der Waals surface area (Å²) in [5.41, 5.74) is 4.34. The van der Waals surface area contributed by atoms with Gasteiger partial charge in [0.15, 0.2) is 6.61 Å². The predicted molar refractivity (Wildman–Crippen MR) is 125 cm³/mol. The molecule has 0 saturated carbocycles. The highest BCUT2D eigenvalue weighted by molar-refractivity contribution is 7.15. The first-order chi connectivity index (χ1) is 14.9. The van der Waals surface area contributed by atoms with Crippen molar-refractivity contribution in [1.29, 1.82) is 0 Å². The number of anilines is 1. The van der Waals surface area contributed by atoms with Gasteiger partial charge in [0.25, 0.3) is 5.91 Å². The van der Waals surface area contributed by atoms with E-state index in [1.165, 1.54) is 16.9 Å². The van der Waals surface area contributed by atoms with Gasteiger partial charge in [0.05, 0.1) is 6.61 Å². The molecular weight excluding hydrogens is 410 g/mol. The highest BCUT2D eigenvalue weighted by Gasteiger charge is 2.23. The Labute approximate surface area is 187 Å². The van der Waals surface area contributed by atoms with Gasteiger partial charge in [0, 0.05) is 10.9 Å². The van der Waals surface area contributed by atoms with Crippen molar-refractivity contribution in [3.05, 3.63) is 70.6 Å². The normalized spacial score (nSPS) is 10.7. The van der Waals surface area contributed by atoms with Crippen molar-refractivity contribution in [3.63, 3.8) is 0 Å². The zero-order valence-electron chi connectivity index (χ0n) is 18.2. The van der Waals surface area contributed by atoms with Crippen LogP contribution in [0.25, 0.3) is 11.1 Å². The summed E-state index contributed by atoms with van der Waals surface area (Å²) in [4.78, 5) is 25.1. The average molecular weight is 438 g/mol. The summed E-state index contributed by atoms with van der Waals surface area (Å²) in [6.45, 7) is 8.11. The van der Waals surface area contributed by atoms with Gasteiger partial charge in [-0.2, -0.15) is 0 Å². The van der Waals surface area contributed by atoms with Gasteiger partial charge in [0.2, 0.25) is 0 Å². The molecule has 1 aromatic heterocycles. The van der Waals surface area contributed by atoms with E-state index in [4.69, 9.17) is 9.47 Å². The Hall–Kier alpha value is -3.12. The fourth-order valence-corrected chi connectivity index (χ4v) is 4.04. The molecule has 3 aromatic rings. The number of nitrogens with one attached hydrogen (secondary N) is 1. The largest absolute Gasteiger partial charge is 0.484 e. The molecule has 0 bridgehead atoms. The van der Waals surface area contributed by atoms with Crippen LogP contribution < -0.4 is 10.1 Å². The SMILES string of the molecule is CCOC(=O)c1c(-c2ccc(C)cc2)csc1NC(=O)COc1ccc(C(C)C)cc1. The number of thiophene rings is 1. The van der Waals surface area contributed by atoms with Crippen LogP contribution in [0.5, 0.6) is 5.75 Å². The Morgan fingerprint density at radius 3 is 2.32 bits per heavy atom. The lowest BCUT2D eigenvalue weighted by Gasteiger charge is -2.10. The van der Waals surface area contributed by atoms with E-state index in [9.17, 15) is 9.59 Å². The van der Waals surface area contributed by atoms with E-state index in [-0.39, 0.29) is 19.1 Å². The van der Waals surface area contributed by atoms with E-state index in [1.807, 2.05) is 60.8 Å². The van der Waals surface area contributed by atoms with Crippen molar-refractivity contribution in [2.75, 3.05) is 18.5 Å². The molecule has 5 nitrogen and oxygen atoms in total. The van der Waals surface area contributed by atoms with Crippen LogP contribution in [-0.2, 0) is 9.53 Å². The van der Waals surface area contributed by atoms with E-state index in [0.717, 1.165) is 16.7 Å². The Bertz CT molecular complexity index is 1040. The Morgan fingerprint density at radius 1 is 1.03 bits per heavy atom. The lowest BCUT2D eigenvalue weighted by Crippen LogP contribution is -2.21. The van der Waals surface area contributed by atoms with Crippen molar-refractivity contribution in [3.8, 4) is 16.9 Å². The summed E-state index contributed by atoms with van der Waals surface area (Å²) < 4.78 is 10.8. The molecule has 0 saturated heterocycles. The van der Waals surface area contributed by atoms with E-state index >= 15 is 0 Å². The topological polar surface area (TPSA) is 64.6 Å². The van der Waals surface area contributed by atoms with Crippen molar-refractivity contribution in [1.82, 2.24) is 0 Å². The first-order valence-corrected chi connectivity index (χ1v) is 11.1. The molecule has 0 aliphatic heterocycles. The number of hydrogen-bond acceptors (Lipinski definition) is 5. The summed E-state index contributed by atoms with van der Waals surface area (Å²) >= 11 is 1.30. The van der Waals surface area contributed by atoms with Crippen LogP contribution in [0.3, 0.4) is 0 Å². The van der Waals surface area contributed by atoms with Crippen LogP contribution in [0.15, 0.2) is 53.9 Å². The lowest BCUT2D eigenvalue weighted by atomic mass is 10.0. The quantitative estimate of drug-likeness (QED) is 0.436. The van der Waals surface area contributed by atoms with Gasteiger partial charge < -0.3 is 14.8 Å². The smallest absolute Gasteiger partial charge is 0.341 e. The number of hydrogen-bond donors (Lipinski definition) is 1. The van der Waals surface area contributed by atoms with Crippen molar-refractivity contribution >= 4 is 28.2 Å². The maximum Gasteiger partial charge on any atom is 0.341 e. The summed E-state index contributed by atoms with van der Waals surface area (Å²) in [6.07, 6.45) is 0. The maximum atomic E-state index is 12.6. The molecule has 162 valence electrons. The third-order valence-electron chi connectivity index (χ3n) is 4.80. The third kappa shape index (κ3) is 5.73. The number of esters is 1. The van der Waals surface area contributed by atoms with Crippen LogP contribution >= 0.6 is 11.3 Å². The number of ether oxygens (including phenoxy) is 2. The second-order valence-corrected chi connectivity index (χ2v) is 8.38. The van der Waals surface area contributed by atoms with Crippen LogP contribution in [0.2, 0.25) is 0 Å². The molecule has 2 aromatic carbocycles. The van der Waals surface area contributed by atoms with Gasteiger partial charge in [-0.1, -0.05) is 55.8 Å². The van der Waals surface area contributed by atoms with E-state index in [0.29, 0.717) is 22.2 Å². The first kappa shape index (κ1) is 22.6. The number of carbonyl (C=O) groups is 2. The molecule has 6 heteroatoms. The summed E-state index contributed by atoms with van der Waals surface area (Å²) in [6, 6.07) is 15.6. The van der Waals surface area contributed by atoms with Crippen LogP contribution in [0.1, 0.15) is 48.2 Å². The van der Waals surface area contributed by atoms with Gasteiger partial charge >= 0.3 is 5.97 Å². The minimum atomic E-state index is -0.459. The minimum absolute atomic E-state index is 0.152. The fourth-order valence-electron chi connectivity index (χ4n) is 3.06. The van der Waals surface area contributed by atoms with Gasteiger partial charge in [-0.25, -0.2) is 4.79 Å². The Balaban J connectivity index is 1.74. The highest BCUT2D eigenvalue weighted by Crippen LogP contribution is 2.36. The molecule has 0 radical (unpaired) electrons. The van der Waals surface area contributed by atoms with Gasteiger partial charge in [-0.05, 0) is 43.0 Å². The van der Waals surface area contributed by atoms with Crippen LogP contribution in [0.4, 0.5) is 5.00 Å². The molecule has 3 rings (SSSR count). The van der Waals surface area contributed by atoms with Gasteiger partial charge in [-0.15, -0.1) is 11.3 Å². The van der Waals surface area contributed by atoms with Gasteiger partial charge in [0.1, 0.15) is 16.3 Å². The van der Waals surface area contributed by atoms with Crippen molar-refractivity contribution < 1.29 is 19.1 Å². The van der Waals surface area contributed by atoms with E-state index in [1.54, 1.807) is 6.92 Å². The third-order valence-corrected chi connectivity index (χ3v) is 5.70. The summed E-state index contributed by atoms with van der Waals surface area (Å²) in [7, 11) is 0. The monoisotopic (exact) mass is 437 g/mol. The zero-order valence-corrected chi connectivity index (χ0v) is 19.0. The molecule has 31 heavy (non-hydrogen) atoms. The summed E-state index contributed by atoms with van der Waals surface area (Å²) in [5, 5.41) is 5.12. The first-order valence-electron chi connectivity index (χ1n) is 10.3. The molecule has 0 atom stereocenters. The Kier molecular flexibility index (Phi) is 7.47. The number of carbonyl (C=O) groups excluding carboxylic acids is 2. The van der Waals surface area contributed by atoms with Crippen LogP contribution in [-0.4, -0.2) is 25.1 Å². The molecule has 1 N–H and O–H groups in total. The van der Waals surface area contributed by atoms with Crippen LogP contribution in [0, 0.1) is 6.92 Å². The molecule has 0 spiro atoms. The zero-order chi connectivity index (χ0) is 22.4. The highest BCUT2D eigenvalue weighted by atomic mass is 32.1. The molecule has 1 amide bonds. The Morgan fingerprint density at radius 2 is 1.71 bits per heavy atom. The second-order valence-electron chi connectivity index (χ2n) is 7.50.